The van der Waals surface area contributed by atoms with Crippen molar-refractivity contribution in [1.82, 2.24) is 25.2 Å². The summed E-state index contributed by atoms with van der Waals surface area (Å²) < 4.78 is 7.60. The van der Waals surface area contributed by atoms with Gasteiger partial charge in [0, 0.05) is 18.0 Å². The van der Waals surface area contributed by atoms with Crippen molar-refractivity contribution < 1.29 is 9.32 Å². The van der Waals surface area contributed by atoms with Gasteiger partial charge in [-0.25, -0.2) is 4.68 Å². The highest BCUT2D eigenvalue weighted by atomic mass is 16.3. The summed E-state index contributed by atoms with van der Waals surface area (Å²) in [5.74, 6) is 1.93. The lowest BCUT2D eigenvalue weighted by Crippen LogP contribution is -3.08. The Morgan fingerprint density at radius 1 is 1.12 bits per heavy atom. The molecule has 3 aromatic heterocycles. The summed E-state index contributed by atoms with van der Waals surface area (Å²) in [5.41, 5.74) is 1.20. The van der Waals surface area contributed by atoms with Gasteiger partial charge in [-0.05, 0) is 41.5 Å². The molecule has 7 nitrogen and oxygen atoms in total. The molecule has 0 bridgehead atoms. The van der Waals surface area contributed by atoms with Crippen LogP contribution in [0.5, 0.6) is 0 Å². The Kier molecular flexibility index (Phi) is 4.83. The number of pyridine rings is 1. The second-order valence-corrected chi connectivity index (χ2v) is 6.70. The zero-order valence-corrected chi connectivity index (χ0v) is 14.2. The van der Waals surface area contributed by atoms with E-state index in [9.17, 15) is 0 Å². The highest BCUT2D eigenvalue weighted by Crippen LogP contribution is 2.28. The van der Waals surface area contributed by atoms with Gasteiger partial charge in [0.25, 0.3) is 0 Å². The molecule has 1 aliphatic carbocycles. The molecule has 1 unspecified atom stereocenters. The molecule has 3 aromatic rings. The lowest BCUT2D eigenvalue weighted by atomic mass is 10.2. The van der Waals surface area contributed by atoms with Crippen LogP contribution in [0.4, 0.5) is 0 Å². The highest BCUT2D eigenvalue weighted by molar-refractivity contribution is 5.06. The fraction of sp³-hybridized carbons (Fsp3) is 0.444. The Hall–Kier alpha value is -2.54. The molecular weight excluding hydrogens is 316 g/mol. The van der Waals surface area contributed by atoms with Gasteiger partial charge in [0.05, 0.1) is 12.3 Å². The van der Waals surface area contributed by atoms with Crippen LogP contribution in [0.25, 0.3) is 0 Å². The Morgan fingerprint density at radius 2 is 2.04 bits per heavy atom. The Balaban J connectivity index is 1.52. The SMILES string of the molecule is c1cncc(C[NH+](Cc2ccco2)Cc2nnnn2C2CCCC2)c1. The van der Waals surface area contributed by atoms with Crippen LogP contribution in [0.2, 0.25) is 0 Å². The monoisotopic (exact) mass is 339 g/mol. The quantitative estimate of drug-likeness (QED) is 0.707. The summed E-state index contributed by atoms with van der Waals surface area (Å²) in [5, 5.41) is 12.5. The van der Waals surface area contributed by atoms with E-state index in [-0.39, 0.29) is 0 Å². The maximum Gasteiger partial charge on any atom is 0.206 e. The largest absolute Gasteiger partial charge is 0.463 e. The van der Waals surface area contributed by atoms with Crippen molar-refractivity contribution in [2.24, 2.45) is 0 Å². The smallest absolute Gasteiger partial charge is 0.206 e. The molecule has 25 heavy (non-hydrogen) atoms. The van der Waals surface area contributed by atoms with E-state index in [0.717, 1.165) is 31.2 Å². The molecule has 130 valence electrons. The molecule has 1 saturated carbocycles. The van der Waals surface area contributed by atoms with E-state index in [0.29, 0.717) is 6.04 Å². The van der Waals surface area contributed by atoms with Crippen LogP contribution in [0.15, 0.2) is 47.3 Å². The molecule has 0 radical (unpaired) electrons. The van der Waals surface area contributed by atoms with Crippen LogP contribution in [0.1, 0.15) is 48.9 Å². The number of nitrogens with zero attached hydrogens (tertiary/aromatic N) is 5. The third kappa shape index (κ3) is 3.93. The van der Waals surface area contributed by atoms with Gasteiger partial charge < -0.3 is 9.32 Å². The van der Waals surface area contributed by atoms with Crippen LogP contribution >= 0.6 is 0 Å². The standard InChI is InChI=1S/C18H22N6O/c1-2-7-16(6-1)24-18(20-21-22-24)14-23(13-17-8-4-10-25-17)12-15-5-3-9-19-11-15/h3-5,8-11,16H,1-2,6-7,12-14H2/p+1. The maximum absolute atomic E-state index is 5.56. The van der Waals surface area contributed by atoms with E-state index in [1.807, 2.05) is 29.1 Å². The molecule has 0 aliphatic heterocycles. The minimum atomic E-state index is 0.452. The topological polar surface area (TPSA) is 74.1 Å². The fourth-order valence-corrected chi connectivity index (χ4v) is 3.62. The first kappa shape index (κ1) is 16.0. The predicted molar refractivity (Wildman–Crippen MR) is 90.3 cm³/mol. The summed E-state index contributed by atoms with van der Waals surface area (Å²) in [7, 11) is 0. The molecule has 1 aliphatic rings. The van der Waals surface area contributed by atoms with Crippen molar-refractivity contribution in [2.75, 3.05) is 0 Å². The van der Waals surface area contributed by atoms with Crippen LogP contribution in [0.3, 0.4) is 0 Å². The average molecular weight is 339 g/mol. The Bertz CT molecular complexity index is 764. The van der Waals surface area contributed by atoms with Crippen molar-refractivity contribution >= 4 is 0 Å². The number of hydrogen-bond donors (Lipinski definition) is 1. The lowest BCUT2D eigenvalue weighted by Gasteiger charge is -2.19. The van der Waals surface area contributed by atoms with Crippen molar-refractivity contribution in [3.8, 4) is 0 Å². The van der Waals surface area contributed by atoms with Gasteiger partial charge in [-0.15, -0.1) is 5.10 Å². The molecule has 0 amide bonds. The van der Waals surface area contributed by atoms with E-state index in [4.69, 9.17) is 4.42 Å². The van der Waals surface area contributed by atoms with Gasteiger partial charge in [0.1, 0.15) is 19.6 Å². The molecule has 0 saturated heterocycles. The fourth-order valence-electron chi connectivity index (χ4n) is 3.62. The normalized spacial score (nSPS) is 16.3. The summed E-state index contributed by atoms with van der Waals surface area (Å²) in [6.45, 7) is 2.41. The summed E-state index contributed by atoms with van der Waals surface area (Å²) in [4.78, 5) is 5.56. The predicted octanol–water partition coefficient (Wildman–Crippen LogP) is 1.56. The van der Waals surface area contributed by atoms with Gasteiger partial charge in [0.15, 0.2) is 5.76 Å². The molecule has 1 fully saturated rings. The van der Waals surface area contributed by atoms with E-state index in [1.54, 1.807) is 12.5 Å². The van der Waals surface area contributed by atoms with Crippen molar-refractivity contribution in [1.29, 1.82) is 0 Å². The number of rotatable bonds is 7. The molecule has 0 spiro atoms. The van der Waals surface area contributed by atoms with E-state index >= 15 is 0 Å². The third-order valence-electron chi connectivity index (χ3n) is 4.82. The minimum Gasteiger partial charge on any atom is -0.463 e. The number of quaternary nitrogens is 1. The first-order chi connectivity index (χ1) is 12.4. The molecule has 3 heterocycles. The van der Waals surface area contributed by atoms with Crippen molar-refractivity contribution in [2.45, 2.75) is 51.4 Å². The van der Waals surface area contributed by atoms with Crippen molar-refractivity contribution in [3.05, 3.63) is 60.1 Å². The van der Waals surface area contributed by atoms with Gasteiger partial charge in [-0.2, -0.15) is 0 Å². The number of aromatic nitrogens is 5. The third-order valence-corrected chi connectivity index (χ3v) is 4.82. The van der Waals surface area contributed by atoms with E-state index in [2.05, 4.69) is 26.6 Å². The first-order valence-electron chi connectivity index (χ1n) is 8.90. The molecule has 1 N–H and O–H groups in total. The van der Waals surface area contributed by atoms with Gasteiger partial charge in [0.2, 0.25) is 5.82 Å². The zero-order valence-electron chi connectivity index (χ0n) is 14.2. The number of hydrogen-bond acceptors (Lipinski definition) is 5. The molecule has 4 rings (SSSR count). The Labute approximate surface area is 146 Å². The second kappa shape index (κ2) is 7.57. The summed E-state index contributed by atoms with van der Waals surface area (Å²) >= 11 is 0. The van der Waals surface area contributed by atoms with E-state index in [1.165, 1.54) is 36.1 Å². The highest BCUT2D eigenvalue weighted by Gasteiger charge is 2.24. The molecular formula is C18H23N6O+. The first-order valence-corrected chi connectivity index (χ1v) is 8.90. The van der Waals surface area contributed by atoms with E-state index < -0.39 is 0 Å². The van der Waals surface area contributed by atoms with Gasteiger partial charge in [-0.3, -0.25) is 4.98 Å². The van der Waals surface area contributed by atoms with Crippen LogP contribution in [-0.2, 0) is 19.6 Å². The zero-order chi connectivity index (χ0) is 16.9. The lowest BCUT2D eigenvalue weighted by molar-refractivity contribution is -0.942. The molecule has 7 heteroatoms. The van der Waals surface area contributed by atoms with Crippen LogP contribution in [0, 0.1) is 0 Å². The number of furan rings is 1. The Morgan fingerprint density at radius 3 is 2.80 bits per heavy atom. The van der Waals surface area contributed by atoms with Crippen LogP contribution < -0.4 is 4.90 Å². The second-order valence-electron chi connectivity index (χ2n) is 6.70. The average Bonchev–Trinajstić information content (AvgIpc) is 3.38. The summed E-state index contributed by atoms with van der Waals surface area (Å²) in [6, 6.07) is 8.48. The van der Waals surface area contributed by atoms with Crippen LogP contribution in [-0.4, -0.2) is 25.2 Å². The van der Waals surface area contributed by atoms with Gasteiger partial charge >= 0.3 is 0 Å². The summed E-state index contributed by atoms with van der Waals surface area (Å²) in [6.07, 6.45) is 10.3. The molecule has 1 atom stereocenters. The molecule has 0 aromatic carbocycles. The van der Waals surface area contributed by atoms with Gasteiger partial charge in [-0.1, -0.05) is 18.9 Å². The number of tetrazole rings is 1. The maximum atomic E-state index is 5.56. The van der Waals surface area contributed by atoms with Crippen molar-refractivity contribution in [3.63, 3.8) is 0 Å². The minimum absolute atomic E-state index is 0.452. The number of nitrogens with one attached hydrogen (secondary N) is 1.